The normalized spacial score (nSPS) is 34.5. The van der Waals surface area contributed by atoms with Crippen LogP contribution in [0.25, 0.3) is 0 Å². The highest BCUT2D eigenvalue weighted by atomic mass is 16.8. The number of carbonyl (C=O) groups excluding carboxylic acids is 1. The van der Waals surface area contributed by atoms with E-state index in [9.17, 15) is 4.79 Å². The van der Waals surface area contributed by atoms with Crippen LogP contribution in [-0.2, 0) is 23.7 Å². The lowest BCUT2D eigenvalue weighted by Crippen LogP contribution is -2.41. The maximum absolute atomic E-state index is 12.4. The van der Waals surface area contributed by atoms with E-state index in [2.05, 4.69) is 0 Å². The predicted octanol–water partition coefficient (Wildman–Crippen LogP) is 1.30. The minimum Gasteiger partial charge on any atom is -0.383 e. The molecule has 21 heavy (non-hydrogen) atoms. The Balaban J connectivity index is 2.12. The van der Waals surface area contributed by atoms with E-state index in [1.807, 2.05) is 27.9 Å². The Kier molecular flexibility index (Phi) is 4.44. The van der Waals surface area contributed by atoms with Crippen LogP contribution in [0.1, 0.15) is 27.7 Å². The first-order chi connectivity index (χ1) is 9.60. The summed E-state index contributed by atoms with van der Waals surface area (Å²) >= 11 is 0. The fourth-order valence-electron chi connectivity index (χ4n) is 2.48. The first kappa shape index (κ1) is 16.4. The van der Waals surface area contributed by atoms with Crippen LogP contribution in [0.4, 0.5) is 0 Å². The molecule has 6 heteroatoms. The summed E-state index contributed by atoms with van der Waals surface area (Å²) in [6.07, 6.45) is 1.73. The zero-order chi connectivity index (χ0) is 15.8. The van der Waals surface area contributed by atoms with Crippen molar-refractivity contribution in [2.45, 2.75) is 57.6 Å². The van der Waals surface area contributed by atoms with Crippen LogP contribution in [0.2, 0.25) is 0 Å². The average Bonchev–Trinajstić information content (AvgIpc) is 2.85. The highest BCUT2D eigenvalue weighted by Gasteiger charge is 2.51. The van der Waals surface area contributed by atoms with Gasteiger partial charge in [-0.1, -0.05) is 0 Å². The van der Waals surface area contributed by atoms with Gasteiger partial charge in [-0.25, -0.2) is 0 Å². The van der Waals surface area contributed by atoms with E-state index in [4.69, 9.17) is 18.9 Å². The number of hydrogen-bond donors (Lipinski definition) is 0. The predicted molar refractivity (Wildman–Crippen MR) is 76.6 cm³/mol. The Morgan fingerprint density at radius 2 is 1.76 bits per heavy atom. The minimum atomic E-state index is -0.812. The Hall–Kier alpha value is -0.950. The highest BCUT2D eigenvalue weighted by Crippen LogP contribution is 2.35. The van der Waals surface area contributed by atoms with Gasteiger partial charge in [-0.15, -0.1) is 0 Å². The molecule has 6 nitrogen and oxygen atoms in total. The number of rotatable bonds is 4. The summed E-state index contributed by atoms with van der Waals surface area (Å²) in [4.78, 5) is 14.1. The van der Waals surface area contributed by atoms with E-state index in [0.29, 0.717) is 6.61 Å². The molecule has 120 valence electrons. The van der Waals surface area contributed by atoms with Crippen molar-refractivity contribution >= 4 is 5.78 Å². The van der Waals surface area contributed by atoms with Crippen molar-refractivity contribution in [1.29, 1.82) is 0 Å². The molecule has 0 unspecified atom stereocenters. The van der Waals surface area contributed by atoms with E-state index in [1.165, 1.54) is 6.08 Å². The molecule has 0 spiro atoms. The molecule has 0 radical (unpaired) electrons. The van der Waals surface area contributed by atoms with E-state index >= 15 is 0 Å². The smallest absolute Gasteiger partial charge is 0.188 e. The summed E-state index contributed by atoms with van der Waals surface area (Å²) < 4.78 is 23.0. The topological polar surface area (TPSA) is 57.2 Å². The van der Waals surface area contributed by atoms with Gasteiger partial charge in [-0.05, 0) is 33.8 Å². The van der Waals surface area contributed by atoms with Gasteiger partial charge in [-0.2, -0.15) is 0 Å². The van der Waals surface area contributed by atoms with Crippen molar-refractivity contribution in [1.82, 2.24) is 4.90 Å². The maximum Gasteiger partial charge on any atom is 0.188 e. The SMILES string of the molecule is CN(C)/C=C/C(=O)[C@H]1OC(C)(C)O[C@@H]1[C@H]1COC(C)(C)O1. The summed E-state index contributed by atoms with van der Waals surface area (Å²) in [6.45, 7) is 7.67. The fourth-order valence-corrected chi connectivity index (χ4v) is 2.48. The van der Waals surface area contributed by atoms with Crippen molar-refractivity contribution < 1.29 is 23.7 Å². The molecule has 2 fully saturated rings. The van der Waals surface area contributed by atoms with Gasteiger partial charge in [0.1, 0.15) is 12.2 Å². The van der Waals surface area contributed by atoms with Gasteiger partial charge in [0.05, 0.1) is 6.61 Å². The summed E-state index contributed by atoms with van der Waals surface area (Å²) in [7, 11) is 3.71. The van der Waals surface area contributed by atoms with Gasteiger partial charge >= 0.3 is 0 Å². The summed E-state index contributed by atoms with van der Waals surface area (Å²) in [5.74, 6) is -1.60. The van der Waals surface area contributed by atoms with Gasteiger partial charge in [0, 0.05) is 20.3 Å². The van der Waals surface area contributed by atoms with E-state index in [-0.39, 0.29) is 11.9 Å². The molecule has 3 atom stereocenters. The molecule has 0 aliphatic carbocycles. The number of ketones is 1. The molecule has 0 aromatic carbocycles. The molecule has 0 aromatic heterocycles. The van der Waals surface area contributed by atoms with E-state index < -0.39 is 23.8 Å². The summed E-state index contributed by atoms with van der Waals surface area (Å²) in [5, 5.41) is 0. The second kappa shape index (κ2) is 5.68. The molecule has 0 N–H and O–H groups in total. The Labute approximate surface area is 126 Å². The van der Waals surface area contributed by atoms with Crippen LogP contribution in [-0.4, -0.2) is 61.3 Å². The third-order valence-electron chi connectivity index (χ3n) is 3.34. The van der Waals surface area contributed by atoms with Crippen molar-refractivity contribution in [2.24, 2.45) is 0 Å². The van der Waals surface area contributed by atoms with Gasteiger partial charge < -0.3 is 23.8 Å². The van der Waals surface area contributed by atoms with Crippen molar-refractivity contribution in [2.75, 3.05) is 20.7 Å². The van der Waals surface area contributed by atoms with Gasteiger partial charge in [-0.3, -0.25) is 4.79 Å². The zero-order valence-corrected chi connectivity index (χ0v) is 13.6. The number of nitrogens with zero attached hydrogens (tertiary/aromatic N) is 1. The second-order valence-corrected chi connectivity index (χ2v) is 6.57. The number of ether oxygens (including phenoxy) is 4. The summed E-state index contributed by atoms with van der Waals surface area (Å²) in [6, 6.07) is 0. The minimum absolute atomic E-state index is 0.132. The largest absolute Gasteiger partial charge is 0.383 e. The lowest BCUT2D eigenvalue weighted by molar-refractivity contribution is -0.174. The standard InChI is InChI=1S/C15H25NO5/c1-14(2)18-9-11(19-14)13-12(20-15(3,4)21-13)10(17)7-8-16(5)6/h7-8,11-13H,9H2,1-6H3/b8-7+/t11-,12-,13-/m1/s1. The van der Waals surface area contributed by atoms with Crippen molar-refractivity contribution in [3.8, 4) is 0 Å². The van der Waals surface area contributed by atoms with Crippen LogP contribution in [0.5, 0.6) is 0 Å². The first-order valence-corrected chi connectivity index (χ1v) is 7.15. The molecular formula is C15H25NO5. The number of carbonyl (C=O) groups is 1. The Morgan fingerprint density at radius 1 is 1.10 bits per heavy atom. The molecule has 2 heterocycles. The second-order valence-electron chi connectivity index (χ2n) is 6.57. The first-order valence-electron chi connectivity index (χ1n) is 7.15. The molecule has 2 aliphatic rings. The molecule has 0 amide bonds. The third kappa shape index (κ3) is 4.03. The lowest BCUT2D eigenvalue weighted by atomic mass is 10.0. The van der Waals surface area contributed by atoms with Crippen LogP contribution in [0.15, 0.2) is 12.3 Å². The molecule has 2 aliphatic heterocycles. The Morgan fingerprint density at radius 3 is 2.29 bits per heavy atom. The maximum atomic E-state index is 12.4. The molecule has 2 rings (SSSR count). The third-order valence-corrected chi connectivity index (χ3v) is 3.34. The lowest BCUT2D eigenvalue weighted by Gasteiger charge is -2.23. The quantitative estimate of drug-likeness (QED) is 0.729. The average molecular weight is 299 g/mol. The van der Waals surface area contributed by atoms with E-state index in [1.54, 1.807) is 24.9 Å². The van der Waals surface area contributed by atoms with Gasteiger partial charge in [0.25, 0.3) is 0 Å². The molecule has 0 bridgehead atoms. The van der Waals surface area contributed by atoms with Crippen molar-refractivity contribution in [3.63, 3.8) is 0 Å². The molecular weight excluding hydrogens is 274 g/mol. The summed E-state index contributed by atoms with van der Waals surface area (Å²) in [5.41, 5.74) is 0. The zero-order valence-electron chi connectivity index (χ0n) is 13.6. The number of hydrogen-bond acceptors (Lipinski definition) is 6. The highest BCUT2D eigenvalue weighted by molar-refractivity contribution is 5.94. The molecule has 2 saturated heterocycles. The van der Waals surface area contributed by atoms with Crippen LogP contribution >= 0.6 is 0 Å². The van der Waals surface area contributed by atoms with E-state index in [0.717, 1.165) is 0 Å². The van der Waals surface area contributed by atoms with Crippen molar-refractivity contribution in [3.05, 3.63) is 12.3 Å². The van der Waals surface area contributed by atoms with Crippen LogP contribution in [0.3, 0.4) is 0 Å². The van der Waals surface area contributed by atoms with Crippen LogP contribution in [0, 0.1) is 0 Å². The van der Waals surface area contributed by atoms with Gasteiger partial charge in [0.15, 0.2) is 23.5 Å². The fraction of sp³-hybridized carbons (Fsp3) is 0.800. The van der Waals surface area contributed by atoms with Crippen LogP contribution < -0.4 is 0 Å². The molecule has 0 saturated carbocycles. The Bertz CT molecular complexity index is 430. The van der Waals surface area contributed by atoms with Gasteiger partial charge in [0.2, 0.25) is 0 Å². The monoisotopic (exact) mass is 299 g/mol. The molecule has 0 aromatic rings.